The van der Waals surface area contributed by atoms with Gasteiger partial charge < -0.3 is 10.4 Å². The molecule has 0 aliphatic carbocycles. The van der Waals surface area contributed by atoms with Crippen LogP contribution in [0.5, 0.6) is 0 Å². The highest BCUT2D eigenvalue weighted by atomic mass is 19.1. The molecule has 0 saturated carbocycles. The number of aliphatic hydroxyl groups excluding tert-OH is 1. The molecular weight excluding hydrogens is 283 g/mol. The van der Waals surface area contributed by atoms with E-state index in [1.807, 2.05) is 27.9 Å². The minimum Gasteiger partial charge on any atom is -0.396 e. The second-order valence-corrected chi connectivity index (χ2v) is 6.63. The van der Waals surface area contributed by atoms with Gasteiger partial charge in [-0.05, 0) is 50.0 Å². The molecule has 4 nitrogen and oxygen atoms in total. The average Bonchev–Trinajstić information content (AvgIpc) is 2.45. The van der Waals surface area contributed by atoms with E-state index in [1.54, 1.807) is 17.0 Å². The van der Waals surface area contributed by atoms with E-state index < -0.39 is 6.04 Å². The number of carbonyl (C=O) groups excluding carboxylic acids is 1. The van der Waals surface area contributed by atoms with E-state index in [1.165, 1.54) is 12.1 Å². The highest BCUT2D eigenvalue weighted by molar-refractivity contribution is 5.83. The highest BCUT2D eigenvalue weighted by Gasteiger charge is 2.23. The van der Waals surface area contributed by atoms with Crippen LogP contribution in [0, 0.1) is 11.2 Å². The molecule has 1 amide bonds. The van der Waals surface area contributed by atoms with Gasteiger partial charge in [-0.2, -0.15) is 0 Å². The Morgan fingerprint density at radius 1 is 1.32 bits per heavy atom. The Morgan fingerprint density at radius 3 is 2.41 bits per heavy atom. The van der Waals surface area contributed by atoms with Crippen LogP contribution in [0.2, 0.25) is 0 Å². The van der Waals surface area contributed by atoms with E-state index in [4.69, 9.17) is 0 Å². The van der Waals surface area contributed by atoms with E-state index in [9.17, 15) is 14.3 Å². The highest BCUT2D eigenvalue weighted by Crippen LogP contribution is 2.21. The van der Waals surface area contributed by atoms with Gasteiger partial charge in [-0.15, -0.1) is 0 Å². The number of nitrogens with one attached hydrogen (secondary N) is 1. The molecule has 0 unspecified atom stereocenters. The molecule has 2 N–H and O–H groups in total. The maximum atomic E-state index is 13.0. The second kappa shape index (κ2) is 8.25. The van der Waals surface area contributed by atoms with Crippen molar-refractivity contribution in [1.29, 1.82) is 0 Å². The van der Waals surface area contributed by atoms with Crippen molar-refractivity contribution in [1.82, 2.24) is 10.2 Å². The summed E-state index contributed by atoms with van der Waals surface area (Å²) >= 11 is 0. The number of benzene rings is 1. The molecule has 0 fully saturated rings. The summed E-state index contributed by atoms with van der Waals surface area (Å²) in [6.45, 7) is 4.69. The van der Waals surface area contributed by atoms with Crippen molar-refractivity contribution in [3.8, 4) is 0 Å². The Hall–Kier alpha value is -1.46. The number of rotatable bonds is 8. The van der Waals surface area contributed by atoms with E-state index in [2.05, 4.69) is 5.32 Å². The minimum atomic E-state index is -0.438. The van der Waals surface area contributed by atoms with Crippen LogP contribution in [-0.4, -0.2) is 43.2 Å². The van der Waals surface area contributed by atoms with Crippen molar-refractivity contribution in [3.05, 3.63) is 35.6 Å². The van der Waals surface area contributed by atoms with Crippen molar-refractivity contribution >= 4 is 5.91 Å². The van der Waals surface area contributed by atoms with Crippen molar-refractivity contribution < 1.29 is 14.3 Å². The molecule has 0 heterocycles. The van der Waals surface area contributed by atoms with Crippen LogP contribution in [0.15, 0.2) is 24.3 Å². The number of nitrogens with zero attached hydrogens (tertiary/aromatic N) is 1. The number of aliphatic hydroxyl groups is 1. The molecular formula is C17H27FN2O2. The molecule has 0 aromatic heterocycles. The van der Waals surface area contributed by atoms with Gasteiger partial charge in [-0.3, -0.25) is 9.69 Å². The fourth-order valence-electron chi connectivity index (χ4n) is 2.28. The Morgan fingerprint density at radius 2 is 1.91 bits per heavy atom. The van der Waals surface area contributed by atoms with Gasteiger partial charge in [-0.1, -0.05) is 26.0 Å². The fourth-order valence-corrected chi connectivity index (χ4v) is 2.28. The normalized spacial score (nSPS) is 13.2. The van der Waals surface area contributed by atoms with E-state index >= 15 is 0 Å². The quantitative estimate of drug-likeness (QED) is 0.725. The summed E-state index contributed by atoms with van der Waals surface area (Å²) < 4.78 is 13.0. The van der Waals surface area contributed by atoms with Crippen LogP contribution >= 0.6 is 0 Å². The van der Waals surface area contributed by atoms with Gasteiger partial charge in [0.15, 0.2) is 0 Å². The number of hydrogen-bond acceptors (Lipinski definition) is 3. The third-order valence-electron chi connectivity index (χ3n) is 3.71. The Balaban J connectivity index is 2.58. The number of amides is 1. The lowest BCUT2D eigenvalue weighted by molar-refractivity contribution is -0.125. The van der Waals surface area contributed by atoms with Gasteiger partial charge in [0.25, 0.3) is 0 Å². The number of carbonyl (C=O) groups is 1. The van der Waals surface area contributed by atoms with E-state index in [0.717, 1.165) is 18.4 Å². The summed E-state index contributed by atoms with van der Waals surface area (Å²) in [6.07, 6.45) is 1.65. The first-order chi connectivity index (χ1) is 10.3. The summed E-state index contributed by atoms with van der Waals surface area (Å²) in [5.41, 5.74) is 0.641. The predicted octanol–water partition coefficient (Wildman–Crippen LogP) is 2.34. The Labute approximate surface area is 132 Å². The van der Waals surface area contributed by atoms with Crippen LogP contribution in [0.4, 0.5) is 4.39 Å². The maximum Gasteiger partial charge on any atom is 0.241 e. The van der Waals surface area contributed by atoms with Crippen LogP contribution in [0.1, 0.15) is 38.3 Å². The standard InChI is InChI=1S/C17H27FN2O2/c1-17(2,12-21)10-5-11-19-16(22)15(20(3)4)13-6-8-14(18)9-7-13/h6-9,15,21H,5,10-12H2,1-4H3,(H,19,22)/t15-/m1/s1. The van der Waals surface area contributed by atoms with Gasteiger partial charge in [0.1, 0.15) is 11.9 Å². The molecule has 22 heavy (non-hydrogen) atoms. The molecule has 0 aliphatic rings. The van der Waals surface area contributed by atoms with Gasteiger partial charge in [0.2, 0.25) is 5.91 Å². The third-order valence-corrected chi connectivity index (χ3v) is 3.71. The van der Waals surface area contributed by atoms with E-state index in [-0.39, 0.29) is 23.7 Å². The zero-order chi connectivity index (χ0) is 16.8. The molecule has 0 radical (unpaired) electrons. The largest absolute Gasteiger partial charge is 0.396 e. The topological polar surface area (TPSA) is 52.6 Å². The molecule has 0 saturated heterocycles. The number of likely N-dealkylation sites (N-methyl/N-ethyl adjacent to an activating group) is 1. The monoisotopic (exact) mass is 310 g/mol. The summed E-state index contributed by atoms with van der Waals surface area (Å²) in [5.74, 6) is -0.411. The van der Waals surface area contributed by atoms with Gasteiger partial charge in [0, 0.05) is 13.2 Å². The lowest BCUT2D eigenvalue weighted by Crippen LogP contribution is -2.37. The van der Waals surface area contributed by atoms with Crippen LogP contribution in [0.25, 0.3) is 0 Å². The fraction of sp³-hybridized carbons (Fsp3) is 0.588. The molecule has 1 rings (SSSR count). The minimum absolute atomic E-state index is 0.0987. The zero-order valence-corrected chi connectivity index (χ0v) is 13.9. The summed E-state index contributed by atoms with van der Waals surface area (Å²) in [4.78, 5) is 14.2. The number of halogens is 1. The van der Waals surface area contributed by atoms with Crippen molar-refractivity contribution in [2.45, 2.75) is 32.7 Å². The first kappa shape index (κ1) is 18.6. The lowest BCUT2D eigenvalue weighted by Gasteiger charge is -2.25. The average molecular weight is 310 g/mol. The van der Waals surface area contributed by atoms with Gasteiger partial charge in [0.05, 0.1) is 0 Å². The van der Waals surface area contributed by atoms with Gasteiger partial charge in [-0.25, -0.2) is 4.39 Å². The summed E-state index contributed by atoms with van der Waals surface area (Å²) in [7, 11) is 3.64. The van der Waals surface area contributed by atoms with Crippen molar-refractivity contribution in [2.75, 3.05) is 27.2 Å². The SMILES string of the molecule is CN(C)[C@@H](C(=O)NCCCC(C)(C)CO)c1ccc(F)cc1. The molecule has 0 aliphatic heterocycles. The first-order valence-corrected chi connectivity index (χ1v) is 7.57. The van der Waals surface area contributed by atoms with Crippen LogP contribution in [0.3, 0.4) is 0 Å². The molecule has 5 heteroatoms. The Kier molecular flexibility index (Phi) is 6.97. The summed E-state index contributed by atoms with van der Waals surface area (Å²) in [5, 5.41) is 12.1. The third kappa shape index (κ3) is 5.73. The van der Waals surface area contributed by atoms with Crippen LogP contribution in [-0.2, 0) is 4.79 Å². The smallest absolute Gasteiger partial charge is 0.241 e. The zero-order valence-electron chi connectivity index (χ0n) is 13.9. The predicted molar refractivity (Wildman–Crippen MR) is 85.9 cm³/mol. The van der Waals surface area contributed by atoms with Crippen molar-refractivity contribution in [2.24, 2.45) is 5.41 Å². The van der Waals surface area contributed by atoms with Crippen molar-refractivity contribution in [3.63, 3.8) is 0 Å². The molecule has 0 spiro atoms. The van der Waals surface area contributed by atoms with Gasteiger partial charge >= 0.3 is 0 Å². The molecule has 0 bridgehead atoms. The lowest BCUT2D eigenvalue weighted by atomic mass is 9.89. The maximum absolute atomic E-state index is 13.0. The van der Waals surface area contributed by atoms with E-state index in [0.29, 0.717) is 6.54 Å². The molecule has 1 atom stereocenters. The molecule has 1 aromatic rings. The molecule has 1 aromatic carbocycles. The summed E-state index contributed by atoms with van der Waals surface area (Å²) in [6, 6.07) is 5.56. The second-order valence-electron chi connectivity index (χ2n) is 6.63. The van der Waals surface area contributed by atoms with Crippen LogP contribution < -0.4 is 5.32 Å². The Bertz CT molecular complexity index is 472. The number of hydrogen-bond donors (Lipinski definition) is 2. The first-order valence-electron chi connectivity index (χ1n) is 7.57. The molecule has 124 valence electrons.